The number of benzene rings is 2. The number of ether oxygens (including phenoxy) is 1. The summed E-state index contributed by atoms with van der Waals surface area (Å²) in [4.78, 5) is 26.8. The summed E-state index contributed by atoms with van der Waals surface area (Å²) in [7, 11) is 0. The predicted octanol–water partition coefficient (Wildman–Crippen LogP) is 3.03. The molecule has 8 nitrogen and oxygen atoms in total. The van der Waals surface area contributed by atoms with Crippen LogP contribution in [-0.4, -0.2) is 53.8 Å². The van der Waals surface area contributed by atoms with Crippen molar-refractivity contribution in [3.05, 3.63) is 75.1 Å². The van der Waals surface area contributed by atoms with Gasteiger partial charge in [0.2, 0.25) is 0 Å². The van der Waals surface area contributed by atoms with Gasteiger partial charge in [0.25, 0.3) is 0 Å². The first kappa shape index (κ1) is 20.1. The van der Waals surface area contributed by atoms with Crippen LogP contribution in [0.3, 0.4) is 0 Å². The number of aromatic nitrogens is 1. The lowest BCUT2D eigenvalue weighted by molar-refractivity contribution is -0.385. The number of rotatable bonds is 7. The minimum atomic E-state index is -0.638. The number of nitrogens with zero attached hydrogens (tertiary/aromatic N) is 3. The van der Waals surface area contributed by atoms with Crippen LogP contribution in [0.15, 0.2) is 59.4 Å². The fourth-order valence-corrected chi connectivity index (χ4v) is 3.85. The van der Waals surface area contributed by atoms with E-state index in [4.69, 9.17) is 4.74 Å². The minimum Gasteiger partial charge on any atom is -0.379 e. The minimum absolute atomic E-state index is 0.287. The lowest BCUT2D eigenvalue weighted by atomic mass is 10.1. The van der Waals surface area contributed by atoms with Gasteiger partial charge in [-0.25, -0.2) is 0 Å². The Balaban J connectivity index is 1.69. The molecule has 0 atom stereocenters. The van der Waals surface area contributed by atoms with Crippen LogP contribution in [0.5, 0.6) is 0 Å². The van der Waals surface area contributed by atoms with E-state index in [9.17, 15) is 14.9 Å². The quantitative estimate of drug-likeness (QED) is 0.367. The molecule has 8 heteroatoms. The van der Waals surface area contributed by atoms with Crippen LogP contribution in [0.4, 0.5) is 11.4 Å². The molecule has 2 heterocycles. The molecule has 0 amide bonds. The van der Waals surface area contributed by atoms with Crippen molar-refractivity contribution in [2.24, 2.45) is 0 Å². The topological polar surface area (TPSA) is 89.6 Å². The molecule has 0 radical (unpaired) electrons. The average molecular weight is 408 g/mol. The van der Waals surface area contributed by atoms with E-state index in [2.05, 4.69) is 10.2 Å². The number of hydrogen-bond acceptors (Lipinski definition) is 6. The molecule has 1 saturated heterocycles. The Hall–Kier alpha value is -3.23. The van der Waals surface area contributed by atoms with Gasteiger partial charge in [0.1, 0.15) is 5.69 Å². The number of anilines is 1. The molecule has 3 aromatic rings. The van der Waals surface area contributed by atoms with Gasteiger partial charge in [-0.3, -0.25) is 24.4 Å². The van der Waals surface area contributed by atoms with Crippen molar-refractivity contribution in [1.82, 2.24) is 9.47 Å². The van der Waals surface area contributed by atoms with Gasteiger partial charge in [0, 0.05) is 30.7 Å². The zero-order valence-electron chi connectivity index (χ0n) is 16.6. The zero-order valence-corrected chi connectivity index (χ0v) is 16.6. The first-order valence-corrected chi connectivity index (χ1v) is 10.1. The average Bonchev–Trinajstić information content (AvgIpc) is 2.77. The third-order valence-corrected chi connectivity index (χ3v) is 5.31. The summed E-state index contributed by atoms with van der Waals surface area (Å²) in [6.45, 7) is 4.69. The van der Waals surface area contributed by atoms with Crippen molar-refractivity contribution in [3.63, 3.8) is 0 Å². The molecule has 156 valence electrons. The van der Waals surface area contributed by atoms with E-state index in [1.54, 1.807) is 24.3 Å². The van der Waals surface area contributed by atoms with E-state index in [0.29, 0.717) is 23.1 Å². The number of pyridine rings is 1. The second-order valence-electron chi connectivity index (χ2n) is 7.21. The van der Waals surface area contributed by atoms with Crippen LogP contribution in [0.2, 0.25) is 0 Å². The SMILES string of the molecule is O=c1c([N+](=O)[O-])c(NCCCN2CCOCC2)c2ccccc2n1-c1ccccc1. The summed E-state index contributed by atoms with van der Waals surface area (Å²) in [5.74, 6) is 0. The smallest absolute Gasteiger partial charge is 0.357 e. The van der Waals surface area contributed by atoms with Crippen LogP contribution in [-0.2, 0) is 4.74 Å². The normalized spacial score (nSPS) is 14.7. The van der Waals surface area contributed by atoms with Crippen LogP contribution >= 0.6 is 0 Å². The summed E-state index contributed by atoms with van der Waals surface area (Å²) in [6.07, 6.45) is 0.813. The Bertz CT molecular complexity index is 1090. The van der Waals surface area contributed by atoms with Crippen LogP contribution < -0.4 is 10.9 Å². The maximum Gasteiger partial charge on any atom is 0.357 e. The fraction of sp³-hybridized carbons (Fsp3) is 0.318. The Labute approximate surface area is 173 Å². The van der Waals surface area contributed by atoms with Gasteiger partial charge in [-0.2, -0.15) is 0 Å². The van der Waals surface area contributed by atoms with Crippen LogP contribution in [0, 0.1) is 10.1 Å². The van der Waals surface area contributed by atoms with E-state index in [1.165, 1.54) is 4.57 Å². The number of morpholine rings is 1. The first-order valence-electron chi connectivity index (χ1n) is 10.1. The third kappa shape index (κ3) is 4.05. The van der Waals surface area contributed by atoms with Gasteiger partial charge >= 0.3 is 11.2 Å². The predicted molar refractivity (Wildman–Crippen MR) is 117 cm³/mol. The molecule has 1 aliphatic heterocycles. The standard InChI is InChI=1S/C22H24N4O4/c27-22-21(26(28)29)20(23-11-6-12-24-13-15-30-16-14-24)18-9-4-5-10-19(18)25(22)17-7-2-1-3-8-17/h1-5,7-10,23H,6,11-16H2. The molecular weight excluding hydrogens is 384 g/mol. The summed E-state index contributed by atoms with van der Waals surface area (Å²) in [6, 6.07) is 16.3. The number of hydrogen-bond donors (Lipinski definition) is 1. The molecule has 1 aromatic heterocycles. The maximum atomic E-state index is 13.2. The molecule has 1 aliphatic rings. The second kappa shape index (κ2) is 9.06. The van der Waals surface area contributed by atoms with Crippen molar-refractivity contribution in [1.29, 1.82) is 0 Å². The van der Waals surface area contributed by atoms with E-state index >= 15 is 0 Å². The monoisotopic (exact) mass is 408 g/mol. The molecule has 4 rings (SSSR count). The summed E-state index contributed by atoms with van der Waals surface area (Å²) in [5.41, 5.74) is 0.454. The number of nitro groups is 1. The van der Waals surface area contributed by atoms with Crippen molar-refractivity contribution in [2.45, 2.75) is 6.42 Å². The molecule has 1 fully saturated rings. The van der Waals surface area contributed by atoms with Gasteiger partial charge in [0.15, 0.2) is 0 Å². The summed E-state index contributed by atoms with van der Waals surface area (Å²) in [5, 5.41) is 15.7. The Morgan fingerprint density at radius 3 is 2.47 bits per heavy atom. The van der Waals surface area contributed by atoms with Crippen LogP contribution in [0.25, 0.3) is 16.6 Å². The van der Waals surface area contributed by atoms with E-state index < -0.39 is 16.2 Å². The highest BCUT2D eigenvalue weighted by molar-refractivity contribution is 5.97. The summed E-state index contributed by atoms with van der Waals surface area (Å²) >= 11 is 0. The molecule has 0 unspecified atom stereocenters. The Morgan fingerprint density at radius 1 is 1.03 bits per heavy atom. The van der Waals surface area contributed by atoms with Gasteiger partial charge in [0.05, 0.1) is 23.7 Å². The highest BCUT2D eigenvalue weighted by atomic mass is 16.6. The Kier molecular flexibility index (Phi) is 6.06. The van der Waals surface area contributed by atoms with Crippen molar-refractivity contribution in [2.75, 3.05) is 44.7 Å². The first-order chi connectivity index (χ1) is 14.7. The molecule has 0 bridgehead atoms. The van der Waals surface area contributed by atoms with E-state index in [-0.39, 0.29) is 5.69 Å². The number of nitrogens with one attached hydrogen (secondary N) is 1. The van der Waals surface area contributed by atoms with Crippen molar-refractivity contribution in [3.8, 4) is 5.69 Å². The largest absolute Gasteiger partial charge is 0.379 e. The van der Waals surface area contributed by atoms with Gasteiger partial charge < -0.3 is 10.1 Å². The van der Waals surface area contributed by atoms with Gasteiger partial charge in [-0.15, -0.1) is 0 Å². The number of fused-ring (bicyclic) bond motifs is 1. The van der Waals surface area contributed by atoms with Crippen LogP contribution in [0.1, 0.15) is 6.42 Å². The maximum absolute atomic E-state index is 13.2. The summed E-state index contributed by atoms with van der Waals surface area (Å²) < 4.78 is 6.77. The second-order valence-corrected chi connectivity index (χ2v) is 7.21. The van der Waals surface area contributed by atoms with E-state index in [1.807, 2.05) is 30.3 Å². The lowest BCUT2D eigenvalue weighted by Gasteiger charge is -2.26. The zero-order chi connectivity index (χ0) is 20.9. The van der Waals surface area contributed by atoms with Crippen molar-refractivity contribution < 1.29 is 9.66 Å². The molecule has 0 aliphatic carbocycles. The molecule has 2 aromatic carbocycles. The van der Waals surface area contributed by atoms with Gasteiger partial charge in [-0.05, 0) is 31.2 Å². The highest BCUT2D eigenvalue weighted by Crippen LogP contribution is 2.31. The lowest BCUT2D eigenvalue weighted by Crippen LogP contribution is -2.37. The molecule has 0 spiro atoms. The van der Waals surface area contributed by atoms with Gasteiger partial charge in [-0.1, -0.05) is 36.4 Å². The molecule has 0 saturated carbocycles. The Morgan fingerprint density at radius 2 is 1.73 bits per heavy atom. The van der Waals surface area contributed by atoms with E-state index in [0.717, 1.165) is 39.3 Å². The molecule has 1 N–H and O–H groups in total. The number of para-hydroxylation sites is 2. The van der Waals surface area contributed by atoms with Crippen molar-refractivity contribution >= 4 is 22.3 Å². The fourth-order valence-electron chi connectivity index (χ4n) is 3.85. The molecule has 30 heavy (non-hydrogen) atoms. The third-order valence-electron chi connectivity index (χ3n) is 5.31. The highest BCUT2D eigenvalue weighted by Gasteiger charge is 2.26. The molecular formula is C22H24N4O4.